The van der Waals surface area contributed by atoms with E-state index in [0.717, 1.165) is 0 Å². The van der Waals surface area contributed by atoms with Gasteiger partial charge in [-0.3, -0.25) is 0 Å². The summed E-state index contributed by atoms with van der Waals surface area (Å²) < 4.78 is 4.94. The number of urea groups is 1. The van der Waals surface area contributed by atoms with Crippen LogP contribution in [0, 0.1) is 6.92 Å². The number of aromatic nitrogens is 1. The molecule has 0 aliphatic heterocycles. The summed E-state index contributed by atoms with van der Waals surface area (Å²) in [7, 11) is 0. The van der Waals surface area contributed by atoms with Crippen molar-refractivity contribution < 1.29 is 19.2 Å². The zero-order chi connectivity index (χ0) is 15.4. The van der Waals surface area contributed by atoms with Gasteiger partial charge in [-0.15, -0.1) is 0 Å². The topological polar surface area (TPSA) is 104 Å². The van der Waals surface area contributed by atoms with E-state index in [2.05, 4.69) is 15.8 Å². The smallest absolute Gasteiger partial charge is 0.339 e. The molecule has 2 aromatic rings. The minimum Gasteiger partial charge on any atom is -0.478 e. The van der Waals surface area contributed by atoms with Crippen LogP contribution in [0.15, 0.2) is 28.8 Å². The Morgan fingerprint density at radius 3 is 2.81 bits per heavy atom. The molecule has 21 heavy (non-hydrogen) atoms. The predicted molar refractivity (Wildman–Crippen MR) is 75.5 cm³/mol. The Kier molecular flexibility index (Phi) is 4.44. The molecule has 2 rings (SSSR count). The molecular formula is C13H12ClN3O4. The monoisotopic (exact) mass is 309 g/mol. The van der Waals surface area contributed by atoms with Gasteiger partial charge in [-0.2, -0.15) is 0 Å². The number of rotatable bonds is 4. The van der Waals surface area contributed by atoms with Crippen molar-refractivity contribution in [3.63, 3.8) is 0 Å². The summed E-state index contributed by atoms with van der Waals surface area (Å²) in [5.41, 5.74) is 0.654. The number of carbonyl (C=O) groups is 2. The summed E-state index contributed by atoms with van der Waals surface area (Å²) in [5, 5.41) is 17.8. The minimum atomic E-state index is -1.22. The lowest BCUT2D eigenvalue weighted by Gasteiger charge is -2.10. The minimum absolute atomic E-state index is 0.0474. The number of nitrogens with zero attached hydrogens (tertiary/aromatic N) is 1. The average molecular weight is 310 g/mol. The van der Waals surface area contributed by atoms with E-state index in [0.29, 0.717) is 11.5 Å². The molecule has 1 heterocycles. The molecule has 1 aromatic heterocycles. The number of benzene rings is 1. The third kappa shape index (κ3) is 3.73. The van der Waals surface area contributed by atoms with Crippen LogP contribution >= 0.6 is 11.6 Å². The van der Waals surface area contributed by atoms with Gasteiger partial charge in [0.05, 0.1) is 22.9 Å². The first-order chi connectivity index (χ1) is 9.97. The molecular weight excluding hydrogens is 298 g/mol. The Hall–Kier alpha value is -2.54. The van der Waals surface area contributed by atoms with Crippen LogP contribution in [0.2, 0.25) is 5.02 Å². The van der Waals surface area contributed by atoms with Crippen LogP contribution in [0.25, 0.3) is 0 Å². The Labute approximate surface area is 124 Å². The summed E-state index contributed by atoms with van der Waals surface area (Å²) in [6.45, 7) is 1.90. The van der Waals surface area contributed by atoms with Crippen molar-refractivity contribution in [2.24, 2.45) is 0 Å². The molecule has 0 fully saturated rings. The maximum atomic E-state index is 11.8. The number of halogens is 1. The Bertz CT molecular complexity index is 684. The number of hydrogen-bond acceptors (Lipinski definition) is 4. The highest BCUT2D eigenvalue weighted by Crippen LogP contribution is 2.24. The van der Waals surface area contributed by atoms with Crippen molar-refractivity contribution in [1.82, 2.24) is 10.5 Å². The van der Waals surface area contributed by atoms with Gasteiger partial charge in [-0.25, -0.2) is 9.59 Å². The Morgan fingerprint density at radius 2 is 2.19 bits per heavy atom. The van der Waals surface area contributed by atoms with E-state index < -0.39 is 12.0 Å². The van der Waals surface area contributed by atoms with Gasteiger partial charge < -0.3 is 20.3 Å². The quantitative estimate of drug-likeness (QED) is 0.805. The lowest BCUT2D eigenvalue weighted by Crippen LogP contribution is -2.28. The molecule has 0 saturated carbocycles. The average Bonchev–Trinajstić information content (AvgIpc) is 2.82. The van der Waals surface area contributed by atoms with Gasteiger partial charge in [0.1, 0.15) is 5.56 Å². The summed E-state index contributed by atoms with van der Waals surface area (Å²) in [6.07, 6.45) is 0. The molecule has 0 saturated heterocycles. The zero-order valence-electron chi connectivity index (χ0n) is 11.0. The first-order valence-corrected chi connectivity index (χ1v) is 6.34. The normalized spacial score (nSPS) is 10.2. The van der Waals surface area contributed by atoms with E-state index in [-0.39, 0.29) is 22.8 Å². The maximum Gasteiger partial charge on any atom is 0.339 e. The SMILES string of the molecule is Cc1cc(CNC(=O)Nc2cccc(Cl)c2C(=O)O)on1. The second kappa shape index (κ2) is 6.27. The van der Waals surface area contributed by atoms with Gasteiger partial charge in [0, 0.05) is 6.07 Å². The van der Waals surface area contributed by atoms with Crippen LogP contribution in [0.1, 0.15) is 21.8 Å². The first-order valence-electron chi connectivity index (χ1n) is 5.96. The third-order valence-corrected chi connectivity index (χ3v) is 2.89. The molecule has 0 atom stereocenters. The number of hydrogen-bond donors (Lipinski definition) is 3. The lowest BCUT2D eigenvalue weighted by atomic mass is 10.2. The van der Waals surface area contributed by atoms with Crippen LogP contribution < -0.4 is 10.6 Å². The molecule has 8 heteroatoms. The highest BCUT2D eigenvalue weighted by atomic mass is 35.5. The number of aromatic carboxylic acids is 1. The molecule has 0 radical (unpaired) electrons. The van der Waals surface area contributed by atoms with Crippen molar-refractivity contribution in [2.75, 3.05) is 5.32 Å². The largest absolute Gasteiger partial charge is 0.478 e. The number of anilines is 1. The van der Waals surface area contributed by atoms with Gasteiger partial charge in [-0.05, 0) is 19.1 Å². The summed E-state index contributed by atoms with van der Waals surface area (Å²) in [4.78, 5) is 22.9. The van der Waals surface area contributed by atoms with Crippen molar-refractivity contribution in [2.45, 2.75) is 13.5 Å². The molecule has 1 aromatic carbocycles. The Morgan fingerprint density at radius 1 is 1.43 bits per heavy atom. The predicted octanol–water partition coefficient (Wildman–Crippen LogP) is 2.66. The number of amides is 2. The van der Waals surface area contributed by atoms with E-state index in [9.17, 15) is 9.59 Å². The fourth-order valence-corrected chi connectivity index (χ4v) is 1.93. The van der Waals surface area contributed by atoms with Gasteiger partial charge in [0.25, 0.3) is 0 Å². The fraction of sp³-hybridized carbons (Fsp3) is 0.154. The first kappa shape index (κ1) is 14.9. The van der Waals surface area contributed by atoms with Crippen molar-refractivity contribution in [3.8, 4) is 0 Å². The lowest BCUT2D eigenvalue weighted by molar-refractivity contribution is 0.0698. The van der Waals surface area contributed by atoms with E-state index >= 15 is 0 Å². The number of aryl methyl sites for hydroxylation is 1. The fourth-order valence-electron chi connectivity index (χ4n) is 1.68. The van der Waals surface area contributed by atoms with E-state index in [1.165, 1.54) is 12.1 Å². The van der Waals surface area contributed by atoms with Gasteiger partial charge in [0.15, 0.2) is 5.76 Å². The van der Waals surface area contributed by atoms with Crippen LogP contribution in [0.3, 0.4) is 0 Å². The number of carboxylic acid groups (broad SMARTS) is 1. The number of carbonyl (C=O) groups excluding carboxylic acids is 1. The van der Waals surface area contributed by atoms with Crippen molar-refractivity contribution >= 4 is 29.3 Å². The van der Waals surface area contributed by atoms with Gasteiger partial charge in [-0.1, -0.05) is 22.8 Å². The molecule has 2 amide bonds. The van der Waals surface area contributed by atoms with Gasteiger partial charge in [0.2, 0.25) is 0 Å². The van der Waals surface area contributed by atoms with Crippen LogP contribution in [-0.4, -0.2) is 22.3 Å². The second-order valence-corrected chi connectivity index (χ2v) is 4.62. The molecule has 7 nitrogen and oxygen atoms in total. The van der Waals surface area contributed by atoms with E-state index in [1.807, 2.05) is 0 Å². The van der Waals surface area contributed by atoms with Gasteiger partial charge >= 0.3 is 12.0 Å². The van der Waals surface area contributed by atoms with Crippen molar-refractivity contribution in [1.29, 1.82) is 0 Å². The molecule has 0 aliphatic rings. The number of carboxylic acids is 1. The summed E-state index contributed by atoms with van der Waals surface area (Å²) in [5.74, 6) is -0.728. The molecule has 0 spiro atoms. The standard InChI is InChI=1S/C13H12ClN3O4/c1-7-5-8(21-17-7)6-15-13(20)16-10-4-2-3-9(14)11(10)12(18)19/h2-5H,6H2,1H3,(H,18,19)(H2,15,16,20). The van der Waals surface area contributed by atoms with E-state index in [1.54, 1.807) is 19.1 Å². The Balaban J connectivity index is 2.03. The maximum absolute atomic E-state index is 11.8. The van der Waals surface area contributed by atoms with Crippen LogP contribution in [-0.2, 0) is 6.54 Å². The number of nitrogens with one attached hydrogen (secondary N) is 2. The molecule has 0 bridgehead atoms. The summed E-state index contributed by atoms with van der Waals surface area (Å²) in [6, 6.07) is 5.54. The highest BCUT2D eigenvalue weighted by Gasteiger charge is 2.16. The van der Waals surface area contributed by atoms with Crippen molar-refractivity contribution in [3.05, 3.63) is 46.3 Å². The van der Waals surface area contributed by atoms with E-state index in [4.69, 9.17) is 21.2 Å². The van der Waals surface area contributed by atoms with Crippen LogP contribution in [0.4, 0.5) is 10.5 Å². The molecule has 0 unspecified atom stereocenters. The molecule has 110 valence electrons. The van der Waals surface area contributed by atoms with Crippen LogP contribution in [0.5, 0.6) is 0 Å². The second-order valence-electron chi connectivity index (χ2n) is 4.21. The zero-order valence-corrected chi connectivity index (χ0v) is 11.8. The molecule has 3 N–H and O–H groups in total. The molecule has 0 aliphatic carbocycles. The highest BCUT2D eigenvalue weighted by molar-refractivity contribution is 6.34. The third-order valence-electron chi connectivity index (χ3n) is 2.58. The summed E-state index contributed by atoms with van der Waals surface area (Å²) >= 11 is 5.81.